The van der Waals surface area contributed by atoms with Crippen LogP contribution in [0.3, 0.4) is 0 Å². The molecule has 0 radical (unpaired) electrons. The lowest BCUT2D eigenvalue weighted by Crippen LogP contribution is -1.99. The Morgan fingerprint density at radius 2 is 1.76 bits per heavy atom. The lowest BCUT2D eigenvalue weighted by Gasteiger charge is -2.02. The van der Waals surface area contributed by atoms with E-state index >= 15 is 0 Å². The Labute approximate surface area is 102 Å². The van der Waals surface area contributed by atoms with Crippen LogP contribution in [-0.2, 0) is 19.1 Å². The monoisotopic (exact) mass is 240 g/mol. The van der Waals surface area contributed by atoms with Gasteiger partial charge in [0.25, 0.3) is 0 Å². The van der Waals surface area contributed by atoms with Gasteiger partial charge in [-0.2, -0.15) is 0 Å². The van der Waals surface area contributed by atoms with Gasteiger partial charge < -0.3 is 9.47 Å². The highest BCUT2D eigenvalue weighted by Crippen LogP contribution is 2.11. The van der Waals surface area contributed by atoms with E-state index in [1.54, 1.807) is 0 Å². The zero-order valence-corrected chi connectivity index (χ0v) is 10.7. The fourth-order valence-electron chi connectivity index (χ4n) is 1.11. The summed E-state index contributed by atoms with van der Waals surface area (Å²) in [6, 6.07) is 0. The van der Waals surface area contributed by atoms with E-state index in [4.69, 9.17) is 4.74 Å². The molecule has 0 rings (SSSR count). The highest BCUT2D eigenvalue weighted by atomic mass is 16.5. The summed E-state index contributed by atoms with van der Waals surface area (Å²) in [5.74, 6) is -1.15. The van der Waals surface area contributed by atoms with E-state index in [2.05, 4.69) is 11.7 Å². The minimum Gasteiger partial charge on any atom is -0.466 e. The Balaban J connectivity index is 4.14. The van der Waals surface area contributed by atoms with Crippen molar-refractivity contribution in [2.75, 3.05) is 7.11 Å². The molecule has 0 saturated carbocycles. The first-order valence-corrected chi connectivity index (χ1v) is 5.78. The molecule has 0 spiro atoms. The van der Waals surface area contributed by atoms with Gasteiger partial charge in [-0.25, -0.2) is 9.59 Å². The molecule has 0 heterocycles. The van der Waals surface area contributed by atoms with Crippen LogP contribution < -0.4 is 0 Å². The van der Waals surface area contributed by atoms with Crippen molar-refractivity contribution in [2.45, 2.75) is 39.5 Å². The maximum atomic E-state index is 11.2. The minimum atomic E-state index is -0.576. The topological polar surface area (TPSA) is 52.6 Å². The van der Waals surface area contributed by atoms with Crippen molar-refractivity contribution in [3.63, 3.8) is 0 Å². The number of unbranched alkanes of at least 4 members (excludes halogenated alkanes) is 1. The van der Waals surface area contributed by atoms with Gasteiger partial charge in [-0.1, -0.05) is 20.3 Å². The predicted molar refractivity (Wildman–Crippen MR) is 65.1 cm³/mol. The number of methoxy groups -OCH3 is 1. The Bertz CT molecular complexity index is 303. The molecule has 0 saturated heterocycles. The minimum absolute atomic E-state index is 0.571. The second-order valence-electron chi connectivity index (χ2n) is 3.53. The van der Waals surface area contributed by atoms with Gasteiger partial charge in [-0.3, -0.25) is 0 Å². The molecular formula is C13H20O4. The van der Waals surface area contributed by atoms with E-state index in [9.17, 15) is 9.59 Å². The average molecular weight is 240 g/mol. The van der Waals surface area contributed by atoms with Crippen molar-refractivity contribution in [3.8, 4) is 0 Å². The van der Waals surface area contributed by atoms with Gasteiger partial charge in [0.05, 0.1) is 13.4 Å². The van der Waals surface area contributed by atoms with Gasteiger partial charge in [0.15, 0.2) is 0 Å². The van der Waals surface area contributed by atoms with Crippen molar-refractivity contribution >= 4 is 11.9 Å². The second kappa shape index (κ2) is 9.63. The maximum Gasteiger partial charge on any atom is 0.335 e. The highest BCUT2D eigenvalue weighted by molar-refractivity contribution is 5.91. The van der Waals surface area contributed by atoms with Gasteiger partial charge >= 0.3 is 11.9 Å². The van der Waals surface area contributed by atoms with Crippen LogP contribution in [0.15, 0.2) is 24.0 Å². The third kappa shape index (κ3) is 8.25. The molecule has 17 heavy (non-hydrogen) atoms. The van der Waals surface area contributed by atoms with E-state index in [1.807, 2.05) is 6.92 Å². The first-order valence-electron chi connectivity index (χ1n) is 5.78. The lowest BCUT2D eigenvalue weighted by molar-refractivity contribution is -0.136. The van der Waals surface area contributed by atoms with Crippen molar-refractivity contribution in [1.82, 2.24) is 0 Å². The normalized spacial score (nSPS) is 11.6. The van der Waals surface area contributed by atoms with Crippen LogP contribution in [0.1, 0.15) is 39.5 Å². The van der Waals surface area contributed by atoms with Gasteiger partial charge in [-0.05, 0) is 24.8 Å². The molecule has 0 aliphatic heterocycles. The molecule has 0 aliphatic rings. The van der Waals surface area contributed by atoms with E-state index in [-0.39, 0.29) is 0 Å². The standard InChI is InChI=1S/C13H20O4/c1-4-6-7-11(5-2)10-17-13(15)9-8-12(14)16-3/h8-10H,4-7H2,1-3H3. The third-order valence-corrected chi connectivity index (χ3v) is 2.20. The van der Waals surface area contributed by atoms with Gasteiger partial charge in [0.1, 0.15) is 0 Å². The number of hydrogen-bond donors (Lipinski definition) is 0. The first-order chi connectivity index (χ1) is 8.13. The molecule has 4 nitrogen and oxygen atoms in total. The second-order valence-corrected chi connectivity index (χ2v) is 3.53. The van der Waals surface area contributed by atoms with Gasteiger partial charge in [0.2, 0.25) is 0 Å². The summed E-state index contributed by atoms with van der Waals surface area (Å²) in [4.78, 5) is 21.9. The molecule has 0 aromatic rings. The van der Waals surface area contributed by atoms with Crippen LogP contribution in [0.4, 0.5) is 0 Å². The Kier molecular flexibility index (Phi) is 8.74. The summed E-state index contributed by atoms with van der Waals surface area (Å²) in [5, 5.41) is 0. The molecule has 0 aromatic heterocycles. The Hall–Kier alpha value is -1.58. The van der Waals surface area contributed by atoms with Crippen LogP contribution in [0.2, 0.25) is 0 Å². The molecular weight excluding hydrogens is 220 g/mol. The number of hydrogen-bond acceptors (Lipinski definition) is 4. The third-order valence-electron chi connectivity index (χ3n) is 2.20. The largest absolute Gasteiger partial charge is 0.466 e. The van der Waals surface area contributed by atoms with Crippen LogP contribution in [0.25, 0.3) is 0 Å². The number of esters is 2. The molecule has 0 atom stereocenters. The molecule has 0 N–H and O–H groups in total. The zero-order valence-electron chi connectivity index (χ0n) is 10.7. The predicted octanol–water partition coefficient (Wildman–Crippen LogP) is 2.74. The first kappa shape index (κ1) is 15.4. The average Bonchev–Trinajstić information content (AvgIpc) is 2.36. The fourth-order valence-corrected chi connectivity index (χ4v) is 1.11. The molecule has 0 fully saturated rings. The number of ether oxygens (including phenoxy) is 2. The molecule has 0 amide bonds. The van der Waals surface area contributed by atoms with Crippen molar-refractivity contribution < 1.29 is 19.1 Å². The number of carbonyl (C=O) groups excluding carboxylic acids is 2. The van der Waals surface area contributed by atoms with E-state index in [0.29, 0.717) is 0 Å². The maximum absolute atomic E-state index is 11.2. The van der Waals surface area contributed by atoms with Crippen molar-refractivity contribution in [1.29, 1.82) is 0 Å². The Morgan fingerprint density at radius 3 is 2.29 bits per heavy atom. The molecule has 0 aliphatic carbocycles. The van der Waals surface area contributed by atoms with Crippen LogP contribution in [-0.4, -0.2) is 19.0 Å². The van der Waals surface area contributed by atoms with E-state index < -0.39 is 11.9 Å². The van der Waals surface area contributed by atoms with Gasteiger partial charge in [-0.15, -0.1) is 0 Å². The molecule has 96 valence electrons. The summed E-state index contributed by atoms with van der Waals surface area (Å²) < 4.78 is 9.24. The number of carbonyl (C=O) groups is 2. The van der Waals surface area contributed by atoms with Gasteiger partial charge in [0, 0.05) is 12.2 Å². The molecule has 0 aromatic carbocycles. The van der Waals surface area contributed by atoms with Crippen LogP contribution >= 0.6 is 0 Å². The zero-order chi connectivity index (χ0) is 13.1. The quantitative estimate of drug-likeness (QED) is 0.390. The Morgan fingerprint density at radius 1 is 1.12 bits per heavy atom. The molecule has 0 unspecified atom stereocenters. The molecule has 4 heteroatoms. The van der Waals surface area contributed by atoms with Crippen LogP contribution in [0.5, 0.6) is 0 Å². The van der Waals surface area contributed by atoms with E-state index in [1.165, 1.54) is 13.4 Å². The van der Waals surface area contributed by atoms with Crippen molar-refractivity contribution in [2.24, 2.45) is 0 Å². The van der Waals surface area contributed by atoms with E-state index in [0.717, 1.165) is 43.4 Å². The SMILES string of the molecule is CCCCC(=COC(=O)C=CC(=O)OC)CC. The molecule has 0 bridgehead atoms. The van der Waals surface area contributed by atoms with Crippen molar-refractivity contribution in [3.05, 3.63) is 24.0 Å². The summed E-state index contributed by atoms with van der Waals surface area (Å²) >= 11 is 0. The smallest absolute Gasteiger partial charge is 0.335 e. The summed E-state index contributed by atoms with van der Waals surface area (Å²) in [6.45, 7) is 4.12. The summed E-state index contributed by atoms with van der Waals surface area (Å²) in [5.41, 5.74) is 1.09. The summed E-state index contributed by atoms with van der Waals surface area (Å²) in [6.07, 6.45) is 7.53. The fraction of sp³-hybridized carbons (Fsp3) is 0.538. The highest BCUT2D eigenvalue weighted by Gasteiger charge is 1.99. The number of allylic oxidation sites excluding steroid dienone is 1. The summed E-state index contributed by atoms with van der Waals surface area (Å²) in [7, 11) is 1.25. The number of rotatable bonds is 7. The lowest BCUT2D eigenvalue weighted by atomic mass is 10.1. The van der Waals surface area contributed by atoms with Crippen LogP contribution in [0, 0.1) is 0 Å².